The van der Waals surface area contributed by atoms with Gasteiger partial charge in [-0.15, -0.1) is 0 Å². The molecule has 0 bridgehead atoms. The highest BCUT2D eigenvalue weighted by Crippen LogP contribution is 2.35. The van der Waals surface area contributed by atoms with Crippen LogP contribution in [-0.4, -0.2) is 46.6 Å². The van der Waals surface area contributed by atoms with Gasteiger partial charge >= 0.3 is 12.1 Å². The molecule has 16 heteroatoms. The van der Waals surface area contributed by atoms with Gasteiger partial charge in [0.2, 0.25) is 5.91 Å². The molecule has 1 atom stereocenters. The standard InChI is InChI=1S/C29H24Cl2FN5O3.C2HF3O2/c30-19-9-16(14-33)10-21(13-19)40-27-22(31)6-4-17(26(27)32)15-35-28(38)25-12-18-11-20(5-7-23(18)37-25)36-29(39)24-3-1-2-8-34-24;3-2(4,5)1(6)7/h4-7,9-13,24,34,37H,1-3,8,15H2,(H,35,38)(H,36,39);(H,6,7). The summed E-state index contributed by atoms with van der Waals surface area (Å²) in [4.78, 5) is 37.4. The molecule has 5 N–H and O–H groups in total. The van der Waals surface area contributed by atoms with Gasteiger partial charge in [-0.3, -0.25) is 9.59 Å². The zero-order chi connectivity index (χ0) is 34.3. The van der Waals surface area contributed by atoms with Crippen LogP contribution in [0, 0.1) is 17.1 Å². The fourth-order valence-electron chi connectivity index (χ4n) is 4.52. The zero-order valence-corrected chi connectivity index (χ0v) is 25.6. The van der Waals surface area contributed by atoms with Crippen molar-refractivity contribution < 1.29 is 41.8 Å². The number of amides is 2. The molecule has 0 saturated carbocycles. The number of nitrogens with zero attached hydrogens (tertiary/aromatic N) is 1. The van der Waals surface area contributed by atoms with E-state index < -0.39 is 23.9 Å². The third-order valence-corrected chi connectivity index (χ3v) is 7.31. The summed E-state index contributed by atoms with van der Waals surface area (Å²) in [5.74, 6) is -4.14. The van der Waals surface area contributed by atoms with Crippen LogP contribution in [0.15, 0.2) is 54.6 Å². The van der Waals surface area contributed by atoms with E-state index in [0.717, 1.165) is 31.2 Å². The van der Waals surface area contributed by atoms with Crippen LogP contribution in [0.4, 0.5) is 23.2 Å². The SMILES string of the molecule is N#Cc1cc(Cl)cc(Oc2c(Cl)ccc(CNC(=O)c3cc4cc(NC(=O)C5CCCCN5)ccc4[nH]3)c2F)c1.O=C(O)C(F)(F)F. The number of benzene rings is 3. The molecule has 246 valence electrons. The molecular weight excluding hydrogens is 669 g/mol. The Morgan fingerprint density at radius 2 is 1.81 bits per heavy atom. The third kappa shape index (κ3) is 9.35. The number of fused-ring (bicyclic) bond motifs is 1. The number of carboxylic acid groups (broad SMARTS) is 1. The fourth-order valence-corrected chi connectivity index (χ4v) is 4.93. The van der Waals surface area contributed by atoms with Crippen molar-refractivity contribution in [1.82, 2.24) is 15.6 Å². The van der Waals surface area contributed by atoms with Gasteiger partial charge in [-0.05, 0) is 67.9 Å². The maximum Gasteiger partial charge on any atom is 0.490 e. The molecule has 3 aromatic carbocycles. The Labute approximate surface area is 274 Å². The van der Waals surface area contributed by atoms with E-state index in [4.69, 9.17) is 43.1 Å². The molecule has 1 aliphatic heterocycles. The Hall–Kier alpha value is -4.84. The van der Waals surface area contributed by atoms with Crippen molar-refractivity contribution in [2.75, 3.05) is 11.9 Å². The van der Waals surface area contributed by atoms with Crippen molar-refractivity contribution in [3.63, 3.8) is 0 Å². The Morgan fingerprint density at radius 1 is 1.06 bits per heavy atom. The smallest absolute Gasteiger partial charge is 0.475 e. The second-order valence-electron chi connectivity index (χ2n) is 10.2. The molecular formula is C31H25Cl2F4N5O5. The van der Waals surface area contributed by atoms with Gasteiger partial charge in [0.1, 0.15) is 11.4 Å². The number of aliphatic carboxylic acids is 1. The molecule has 10 nitrogen and oxygen atoms in total. The van der Waals surface area contributed by atoms with E-state index in [1.54, 1.807) is 24.3 Å². The monoisotopic (exact) mass is 693 g/mol. The third-order valence-electron chi connectivity index (χ3n) is 6.79. The van der Waals surface area contributed by atoms with Crippen molar-refractivity contribution in [2.45, 2.75) is 38.0 Å². The molecule has 2 heterocycles. The molecule has 1 aliphatic rings. The number of alkyl halides is 3. The van der Waals surface area contributed by atoms with Crippen LogP contribution < -0.4 is 20.7 Å². The molecule has 5 rings (SSSR count). The normalized spacial score (nSPS) is 14.4. The summed E-state index contributed by atoms with van der Waals surface area (Å²) in [6.45, 7) is 0.689. The first-order valence-corrected chi connectivity index (χ1v) is 14.6. The first-order chi connectivity index (χ1) is 22.2. The topological polar surface area (TPSA) is 156 Å². The number of carbonyl (C=O) groups is 3. The second kappa shape index (κ2) is 15.2. The minimum atomic E-state index is -5.08. The summed E-state index contributed by atoms with van der Waals surface area (Å²) in [5, 5.41) is 26.1. The summed E-state index contributed by atoms with van der Waals surface area (Å²) in [7, 11) is 0. The van der Waals surface area contributed by atoms with Gasteiger partial charge in [0.05, 0.1) is 22.7 Å². The van der Waals surface area contributed by atoms with Crippen LogP contribution >= 0.6 is 23.2 Å². The number of H-pyrrole nitrogens is 1. The van der Waals surface area contributed by atoms with Crippen molar-refractivity contribution >= 4 is 57.6 Å². The summed E-state index contributed by atoms with van der Waals surface area (Å²) in [6.07, 6.45) is -2.20. The quantitative estimate of drug-likeness (QED) is 0.132. The van der Waals surface area contributed by atoms with Gasteiger partial charge in [-0.1, -0.05) is 35.7 Å². The van der Waals surface area contributed by atoms with Gasteiger partial charge in [-0.2, -0.15) is 18.4 Å². The van der Waals surface area contributed by atoms with Crippen LogP contribution in [0.3, 0.4) is 0 Å². The molecule has 1 saturated heterocycles. The molecule has 2 amide bonds. The first-order valence-electron chi connectivity index (χ1n) is 13.9. The lowest BCUT2D eigenvalue weighted by Gasteiger charge is -2.22. The van der Waals surface area contributed by atoms with Gasteiger partial charge in [0, 0.05) is 33.7 Å². The number of nitriles is 1. The minimum Gasteiger partial charge on any atom is -0.475 e. The Morgan fingerprint density at radius 3 is 2.47 bits per heavy atom. The highest BCUT2D eigenvalue weighted by Gasteiger charge is 2.38. The van der Waals surface area contributed by atoms with E-state index in [2.05, 4.69) is 20.9 Å². The number of aromatic amines is 1. The molecule has 0 aliphatic carbocycles. The summed E-state index contributed by atoms with van der Waals surface area (Å²) in [6, 6.07) is 16.0. The lowest BCUT2D eigenvalue weighted by molar-refractivity contribution is -0.192. The van der Waals surface area contributed by atoms with E-state index in [1.165, 1.54) is 30.3 Å². The number of halogens is 6. The Bertz CT molecular complexity index is 1850. The lowest BCUT2D eigenvalue weighted by atomic mass is 10.0. The van der Waals surface area contributed by atoms with E-state index in [-0.39, 0.29) is 56.9 Å². The van der Waals surface area contributed by atoms with Crippen LogP contribution in [-0.2, 0) is 16.1 Å². The number of hydrogen-bond acceptors (Lipinski definition) is 6. The summed E-state index contributed by atoms with van der Waals surface area (Å²) >= 11 is 12.2. The van der Waals surface area contributed by atoms with E-state index in [0.29, 0.717) is 11.2 Å². The fraction of sp³-hybridized carbons (Fsp3) is 0.226. The summed E-state index contributed by atoms with van der Waals surface area (Å²) in [5.41, 5.74) is 2.02. The summed E-state index contributed by atoms with van der Waals surface area (Å²) < 4.78 is 52.7. The maximum atomic E-state index is 15.3. The Kier molecular flexibility index (Phi) is 11.3. The molecule has 1 aromatic heterocycles. The van der Waals surface area contributed by atoms with Gasteiger partial charge in [0.25, 0.3) is 5.91 Å². The van der Waals surface area contributed by atoms with Crippen molar-refractivity contribution in [2.24, 2.45) is 0 Å². The number of anilines is 1. The number of hydrogen-bond donors (Lipinski definition) is 5. The first kappa shape index (κ1) is 35.0. The van der Waals surface area contributed by atoms with Crippen LogP contribution in [0.1, 0.15) is 40.9 Å². The molecule has 4 aromatic rings. The number of rotatable bonds is 7. The molecule has 1 unspecified atom stereocenters. The number of aromatic nitrogens is 1. The number of piperidine rings is 1. The van der Waals surface area contributed by atoms with Gasteiger partial charge in [0.15, 0.2) is 11.6 Å². The highest BCUT2D eigenvalue weighted by molar-refractivity contribution is 6.32. The van der Waals surface area contributed by atoms with E-state index in [1.807, 2.05) is 6.07 Å². The van der Waals surface area contributed by atoms with E-state index >= 15 is 4.39 Å². The maximum absolute atomic E-state index is 15.3. The van der Waals surface area contributed by atoms with Crippen LogP contribution in [0.2, 0.25) is 10.0 Å². The molecule has 1 fully saturated rings. The van der Waals surface area contributed by atoms with Gasteiger partial charge in [-0.25, -0.2) is 9.18 Å². The number of ether oxygens (including phenoxy) is 1. The molecule has 0 spiro atoms. The number of carboxylic acids is 1. The minimum absolute atomic E-state index is 0.0174. The van der Waals surface area contributed by atoms with Crippen molar-refractivity contribution in [3.8, 4) is 17.6 Å². The largest absolute Gasteiger partial charge is 0.490 e. The lowest BCUT2D eigenvalue weighted by Crippen LogP contribution is -2.43. The highest BCUT2D eigenvalue weighted by atomic mass is 35.5. The van der Waals surface area contributed by atoms with Crippen LogP contribution in [0.25, 0.3) is 10.9 Å². The second-order valence-corrected chi connectivity index (χ2v) is 11.0. The van der Waals surface area contributed by atoms with E-state index in [9.17, 15) is 22.8 Å². The van der Waals surface area contributed by atoms with Crippen molar-refractivity contribution in [3.05, 3.63) is 87.3 Å². The number of nitrogens with one attached hydrogen (secondary N) is 4. The van der Waals surface area contributed by atoms with Gasteiger partial charge < -0.3 is 30.8 Å². The van der Waals surface area contributed by atoms with Crippen LogP contribution in [0.5, 0.6) is 11.5 Å². The van der Waals surface area contributed by atoms with Crippen molar-refractivity contribution in [1.29, 1.82) is 5.26 Å². The molecule has 0 radical (unpaired) electrons. The Balaban J connectivity index is 0.000000644. The predicted octanol–water partition coefficient (Wildman–Crippen LogP) is 6.92. The molecule has 47 heavy (non-hydrogen) atoms. The average molecular weight is 694 g/mol. The predicted molar refractivity (Wildman–Crippen MR) is 165 cm³/mol. The number of carbonyl (C=O) groups excluding carboxylic acids is 2. The average Bonchev–Trinajstić information content (AvgIpc) is 3.46. The zero-order valence-electron chi connectivity index (χ0n) is 24.1.